The Morgan fingerprint density at radius 2 is 2.27 bits per heavy atom. The number of nitrogens with zero attached hydrogens (tertiary/aromatic N) is 1. The second-order valence-electron chi connectivity index (χ2n) is 2.20. The van der Waals surface area contributed by atoms with E-state index >= 15 is 0 Å². The first-order valence-electron chi connectivity index (χ1n) is 3.18. The van der Waals surface area contributed by atoms with Crippen LogP contribution in [0.15, 0.2) is 24.3 Å². The average Bonchev–Trinajstić information content (AvgIpc) is 2.03. The molecule has 0 saturated heterocycles. The third kappa shape index (κ3) is 1.95. The van der Waals surface area contributed by atoms with Crippen LogP contribution in [0.3, 0.4) is 0 Å². The minimum Gasteiger partial charge on any atom is -0.318 e. The number of carbonyl (C=O) groups is 1. The molecule has 0 aromatic heterocycles. The van der Waals surface area contributed by atoms with Gasteiger partial charge in [-0.25, -0.2) is 0 Å². The van der Waals surface area contributed by atoms with E-state index in [0.717, 1.165) is 12.1 Å². The molecule has 0 aliphatic heterocycles. The Labute approximate surface area is 70.4 Å². The predicted octanol–water partition coefficient (Wildman–Crippen LogP) is 1.93. The van der Waals surface area contributed by atoms with Gasteiger partial charge in [-0.1, -0.05) is 17.7 Å². The zero-order chi connectivity index (χ0) is 8.27. The molecule has 58 valence electrons. The number of hydrogen-bond acceptors (Lipinski definition) is 1. The van der Waals surface area contributed by atoms with Crippen LogP contribution in [-0.2, 0) is 4.79 Å². The molecule has 0 atom stereocenters. The molecule has 2 nitrogen and oxygen atoms in total. The van der Waals surface area contributed by atoms with E-state index in [0.29, 0.717) is 5.02 Å². The van der Waals surface area contributed by atoms with Gasteiger partial charge < -0.3 is 4.90 Å². The molecule has 0 N–H and O–H groups in total. The van der Waals surface area contributed by atoms with E-state index in [2.05, 4.69) is 0 Å². The van der Waals surface area contributed by atoms with E-state index in [1.807, 2.05) is 6.07 Å². The molecule has 0 aliphatic carbocycles. The van der Waals surface area contributed by atoms with Crippen LogP contribution < -0.4 is 4.90 Å². The molecule has 3 heteroatoms. The highest BCUT2D eigenvalue weighted by Gasteiger charge is 1.97. The van der Waals surface area contributed by atoms with Gasteiger partial charge in [-0.2, -0.15) is 0 Å². The van der Waals surface area contributed by atoms with Crippen molar-refractivity contribution in [3.8, 4) is 0 Å². The summed E-state index contributed by atoms with van der Waals surface area (Å²) in [4.78, 5) is 11.8. The number of anilines is 1. The molecule has 0 saturated carbocycles. The summed E-state index contributed by atoms with van der Waals surface area (Å²) in [5.74, 6) is 0. The molecule has 0 bridgehead atoms. The number of hydrogen-bond donors (Lipinski definition) is 0. The van der Waals surface area contributed by atoms with Crippen molar-refractivity contribution in [3.05, 3.63) is 29.3 Å². The molecule has 1 aromatic carbocycles. The summed E-state index contributed by atoms with van der Waals surface area (Å²) >= 11 is 5.70. The van der Waals surface area contributed by atoms with Crippen LogP contribution >= 0.6 is 11.6 Å². The third-order valence-corrected chi connectivity index (χ3v) is 1.61. The summed E-state index contributed by atoms with van der Waals surface area (Å²) in [6, 6.07) is 7.12. The van der Waals surface area contributed by atoms with Crippen molar-refractivity contribution in [2.75, 3.05) is 11.9 Å². The zero-order valence-electron chi connectivity index (χ0n) is 6.12. The van der Waals surface area contributed by atoms with Crippen LogP contribution in [-0.4, -0.2) is 13.5 Å². The average molecular weight is 170 g/mol. The normalized spacial score (nSPS) is 9.27. The quantitative estimate of drug-likeness (QED) is 0.620. The molecular weight excluding hydrogens is 162 g/mol. The fourth-order valence-corrected chi connectivity index (χ4v) is 0.941. The van der Waals surface area contributed by atoms with Gasteiger partial charge in [-0.15, -0.1) is 0 Å². The second-order valence-corrected chi connectivity index (χ2v) is 2.63. The van der Waals surface area contributed by atoms with E-state index in [9.17, 15) is 4.79 Å². The highest BCUT2D eigenvalue weighted by Crippen LogP contribution is 2.16. The first-order valence-corrected chi connectivity index (χ1v) is 3.55. The lowest BCUT2D eigenvalue weighted by atomic mass is 10.3. The first kappa shape index (κ1) is 8.08. The summed E-state index contributed by atoms with van der Waals surface area (Å²) in [6.07, 6.45) is 0.742. The molecule has 0 fully saturated rings. The van der Waals surface area contributed by atoms with Crippen molar-refractivity contribution in [1.29, 1.82) is 0 Å². The van der Waals surface area contributed by atoms with Gasteiger partial charge in [-0.3, -0.25) is 4.79 Å². The molecule has 0 unspecified atom stereocenters. The van der Waals surface area contributed by atoms with Gasteiger partial charge in [-0.05, 0) is 18.2 Å². The van der Waals surface area contributed by atoms with E-state index < -0.39 is 0 Å². The summed E-state index contributed by atoms with van der Waals surface area (Å²) < 4.78 is 0. The Kier molecular flexibility index (Phi) is 2.49. The minimum atomic E-state index is 0.635. The lowest BCUT2D eigenvalue weighted by Crippen LogP contribution is -2.13. The Morgan fingerprint density at radius 1 is 1.55 bits per heavy atom. The molecule has 0 spiro atoms. The smallest absolute Gasteiger partial charge is 0.213 e. The van der Waals surface area contributed by atoms with Crippen LogP contribution in [0.25, 0.3) is 0 Å². The van der Waals surface area contributed by atoms with Crippen LogP contribution in [0.5, 0.6) is 0 Å². The maximum atomic E-state index is 10.3. The largest absolute Gasteiger partial charge is 0.318 e. The highest BCUT2D eigenvalue weighted by atomic mass is 35.5. The Balaban J connectivity index is 2.95. The van der Waals surface area contributed by atoms with Crippen molar-refractivity contribution >= 4 is 23.7 Å². The molecule has 0 aliphatic rings. The number of halogens is 1. The number of amides is 1. The molecule has 1 amide bonds. The highest BCUT2D eigenvalue weighted by molar-refractivity contribution is 6.30. The maximum Gasteiger partial charge on any atom is 0.213 e. The van der Waals surface area contributed by atoms with Gasteiger partial charge in [0.2, 0.25) is 6.41 Å². The van der Waals surface area contributed by atoms with Crippen LogP contribution in [0.2, 0.25) is 5.02 Å². The van der Waals surface area contributed by atoms with Gasteiger partial charge in [0.25, 0.3) is 0 Å². The third-order valence-electron chi connectivity index (χ3n) is 1.37. The predicted molar refractivity (Wildman–Crippen MR) is 45.9 cm³/mol. The lowest BCUT2D eigenvalue weighted by Gasteiger charge is -2.09. The van der Waals surface area contributed by atoms with Gasteiger partial charge >= 0.3 is 0 Å². The van der Waals surface area contributed by atoms with Crippen LogP contribution in [0.4, 0.5) is 5.69 Å². The van der Waals surface area contributed by atoms with Crippen molar-refractivity contribution in [3.63, 3.8) is 0 Å². The topological polar surface area (TPSA) is 20.3 Å². The van der Waals surface area contributed by atoms with E-state index in [-0.39, 0.29) is 0 Å². The molecule has 11 heavy (non-hydrogen) atoms. The van der Waals surface area contributed by atoms with Crippen LogP contribution in [0.1, 0.15) is 0 Å². The fraction of sp³-hybridized carbons (Fsp3) is 0.125. The van der Waals surface area contributed by atoms with Crippen molar-refractivity contribution in [1.82, 2.24) is 0 Å². The lowest BCUT2D eigenvalue weighted by molar-refractivity contribution is -0.107. The molecular formula is C8H8ClNO. The van der Waals surface area contributed by atoms with Crippen molar-refractivity contribution in [2.24, 2.45) is 0 Å². The standard InChI is InChI=1S/C8H8ClNO/c1-10(6-11)8-4-2-3-7(9)5-8/h2-6H,1H3. The summed E-state index contributed by atoms with van der Waals surface area (Å²) in [7, 11) is 1.68. The monoisotopic (exact) mass is 169 g/mol. The van der Waals surface area contributed by atoms with E-state index in [1.54, 1.807) is 25.2 Å². The molecule has 1 rings (SSSR count). The zero-order valence-corrected chi connectivity index (χ0v) is 6.88. The number of carbonyl (C=O) groups excluding carboxylic acids is 1. The Morgan fingerprint density at radius 3 is 2.82 bits per heavy atom. The molecule has 1 aromatic rings. The number of rotatable bonds is 2. The fourth-order valence-electron chi connectivity index (χ4n) is 0.756. The van der Waals surface area contributed by atoms with Gasteiger partial charge in [0, 0.05) is 17.8 Å². The minimum absolute atomic E-state index is 0.635. The summed E-state index contributed by atoms with van der Waals surface area (Å²) in [5, 5.41) is 0.635. The number of benzene rings is 1. The Hall–Kier alpha value is -1.02. The molecule has 0 heterocycles. The maximum absolute atomic E-state index is 10.3. The Bertz CT molecular complexity index is 262. The van der Waals surface area contributed by atoms with Gasteiger partial charge in [0.15, 0.2) is 0 Å². The van der Waals surface area contributed by atoms with E-state index in [4.69, 9.17) is 11.6 Å². The van der Waals surface area contributed by atoms with E-state index in [1.165, 1.54) is 4.90 Å². The second kappa shape index (κ2) is 3.39. The SMILES string of the molecule is CN(C=O)c1cccc(Cl)c1. The molecule has 0 radical (unpaired) electrons. The van der Waals surface area contributed by atoms with Crippen LogP contribution in [0, 0.1) is 0 Å². The van der Waals surface area contributed by atoms with Crippen molar-refractivity contribution < 1.29 is 4.79 Å². The first-order chi connectivity index (χ1) is 5.24. The van der Waals surface area contributed by atoms with Gasteiger partial charge in [0.1, 0.15) is 0 Å². The summed E-state index contributed by atoms with van der Waals surface area (Å²) in [6.45, 7) is 0. The van der Waals surface area contributed by atoms with Gasteiger partial charge in [0.05, 0.1) is 0 Å². The summed E-state index contributed by atoms with van der Waals surface area (Å²) in [5.41, 5.74) is 0.799. The van der Waals surface area contributed by atoms with Crippen molar-refractivity contribution in [2.45, 2.75) is 0 Å².